The first kappa shape index (κ1) is 46.3. The monoisotopic (exact) mass is 823 g/mol. The van der Waals surface area contributed by atoms with E-state index in [1.165, 1.54) is 109 Å². The van der Waals surface area contributed by atoms with E-state index in [9.17, 15) is 44.5 Å². The van der Waals surface area contributed by atoms with Crippen molar-refractivity contribution >= 4 is 13.6 Å². The summed E-state index contributed by atoms with van der Waals surface area (Å²) in [6, 6.07) is 0.206. The number of azide groups is 1. The number of aromatic amines is 1. The van der Waals surface area contributed by atoms with Crippen molar-refractivity contribution < 1.29 is 38.6 Å². The molecule has 9 unspecified atom stereocenters. The summed E-state index contributed by atoms with van der Waals surface area (Å²) in [4.78, 5) is 68.8. The second-order valence-corrected chi connectivity index (χ2v) is 16.5. The molecule has 0 aromatic carbocycles. The van der Waals surface area contributed by atoms with Gasteiger partial charge in [-0.25, -0.2) is 9.59 Å². The average molecular weight is 824 g/mol. The van der Waals surface area contributed by atoms with Gasteiger partial charge in [-0.2, -0.15) is 4.98 Å². The fraction of sp³-hybridized carbons (Fsp3) is 0.784. The average Bonchev–Trinajstić information content (AvgIpc) is 3.71. The van der Waals surface area contributed by atoms with Crippen molar-refractivity contribution in [1.82, 2.24) is 19.1 Å². The van der Waals surface area contributed by atoms with E-state index in [1.807, 2.05) is 0 Å². The van der Waals surface area contributed by atoms with Gasteiger partial charge in [0.2, 0.25) is 0 Å². The minimum absolute atomic E-state index is 0.140. The molecule has 2 fully saturated rings. The van der Waals surface area contributed by atoms with Gasteiger partial charge >= 0.3 is 11.4 Å². The van der Waals surface area contributed by atoms with Crippen molar-refractivity contribution in [3.05, 3.63) is 65.8 Å². The molecule has 0 radical (unpaired) electrons. The van der Waals surface area contributed by atoms with E-state index in [2.05, 4.69) is 32.2 Å². The summed E-state index contributed by atoms with van der Waals surface area (Å²) in [5.74, 6) is 0.290. The van der Waals surface area contributed by atoms with Gasteiger partial charge in [-0.1, -0.05) is 108 Å². The second kappa shape index (κ2) is 22.1. The molecule has 2 aliphatic rings. The number of phosphoric ester groups is 1. The van der Waals surface area contributed by atoms with Crippen LogP contribution in [0, 0.1) is 6.92 Å². The molecule has 0 amide bonds. The number of unbranched alkanes of at least 4 members (excludes halogenated alkanes) is 15. The highest BCUT2D eigenvalue weighted by Gasteiger charge is 2.61. The number of aliphatic hydroxyl groups excluding tert-OH is 2. The first-order chi connectivity index (χ1) is 27.2. The Morgan fingerprint density at radius 2 is 1.56 bits per heavy atom. The molecule has 2 aliphatic heterocycles. The summed E-state index contributed by atoms with van der Waals surface area (Å²) in [6.07, 6.45) is 12.3. The summed E-state index contributed by atoms with van der Waals surface area (Å²) in [6.45, 7) is 5.35. The molecule has 5 N–H and O–H groups in total. The van der Waals surface area contributed by atoms with Gasteiger partial charge in [0.25, 0.3) is 13.4 Å². The molecule has 0 saturated carbocycles. The van der Waals surface area contributed by atoms with Gasteiger partial charge in [-0.05, 0) is 31.9 Å². The van der Waals surface area contributed by atoms with E-state index < -0.39 is 73.3 Å². The Bertz CT molecular complexity index is 1850. The SMILES string of the molecule is CCCCCCCCCCCCCCCCCCNc1ccn(C2OC(C(C)(OP(=O)([O-])O)C3OC(n4cc(C)c(=O)[nH]c4=O)CC3N=[N+]=[N-])C(O)C2O)c(=O)n1. The van der Waals surface area contributed by atoms with Crippen LogP contribution in [0.25, 0.3) is 10.4 Å². The number of hydrogen-bond donors (Lipinski definition) is 5. The highest BCUT2D eigenvalue weighted by Crippen LogP contribution is 2.50. The Kier molecular flexibility index (Phi) is 18.0. The lowest BCUT2D eigenvalue weighted by molar-refractivity contribution is -0.256. The Balaban J connectivity index is 1.31. The van der Waals surface area contributed by atoms with Gasteiger partial charge in [0.15, 0.2) is 6.23 Å². The standard InChI is InChI=1S/C37H61N8O11P/c1-4-5-6-7-8-9-10-11-12-13-14-15-16-17-18-19-21-39-27-20-22-44(35(49)40-27)34-30(47)29(46)32(55-34)37(3,56-57(51,52)53)31-26(42-43-38)23-28(54-31)45-24-25(2)33(48)41-36(45)50/h20,22,24,26,28-32,34,46-47H,4-19,21,23H2,1-3H3,(H,39,40,49)(H,41,48,50)(H2,51,52,53)/p-1. The molecule has 2 saturated heterocycles. The highest BCUT2D eigenvalue weighted by molar-refractivity contribution is 7.44. The van der Waals surface area contributed by atoms with E-state index in [0.717, 1.165) is 35.3 Å². The van der Waals surface area contributed by atoms with Crippen LogP contribution in [0.3, 0.4) is 0 Å². The van der Waals surface area contributed by atoms with Gasteiger partial charge in [0, 0.05) is 35.8 Å². The van der Waals surface area contributed by atoms with Crippen molar-refractivity contribution in [3.8, 4) is 0 Å². The lowest BCUT2D eigenvalue weighted by Crippen LogP contribution is -2.58. The highest BCUT2D eigenvalue weighted by atomic mass is 31.2. The number of nitrogens with zero attached hydrogens (tertiary/aromatic N) is 6. The largest absolute Gasteiger partial charge is 0.756 e. The molecule has 9 atom stereocenters. The summed E-state index contributed by atoms with van der Waals surface area (Å²) in [5, 5.41) is 29.1. The Morgan fingerprint density at radius 3 is 2.11 bits per heavy atom. The molecule has 20 heteroatoms. The summed E-state index contributed by atoms with van der Waals surface area (Å²) in [5.41, 5.74) is 4.66. The predicted octanol–water partition coefficient (Wildman–Crippen LogP) is 4.60. The van der Waals surface area contributed by atoms with Crippen LogP contribution in [-0.2, 0) is 18.6 Å². The number of anilines is 1. The normalized spacial score (nSPS) is 25.5. The maximum Gasteiger partial charge on any atom is 0.351 e. The van der Waals surface area contributed by atoms with E-state index in [1.54, 1.807) is 0 Å². The molecule has 4 heterocycles. The zero-order valence-corrected chi connectivity index (χ0v) is 34.1. The van der Waals surface area contributed by atoms with Gasteiger partial charge in [-0.15, -0.1) is 0 Å². The van der Waals surface area contributed by atoms with Crippen molar-refractivity contribution in [2.75, 3.05) is 11.9 Å². The van der Waals surface area contributed by atoms with E-state index in [4.69, 9.17) is 14.0 Å². The fourth-order valence-electron chi connectivity index (χ4n) is 7.79. The molecular weight excluding hydrogens is 763 g/mol. The molecule has 320 valence electrons. The minimum Gasteiger partial charge on any atom is -0.756 e. The fourth-order valence-corrected chi connectivity index (χ4v) is 8.49. The molecular formula is C37H60N8O11P-. The maximum atomic E-state index is 13.2. The Morgan fingerprint density at radius 1 is 0.982 bits per heavy atom. The molecule has 0 aliphatic carbocycles. The first-order valence-electron chi connectivity index (χ1n) is 20.3. The smallest absolute Gasteiger partial charge is 0.351 e. The van der Waals surface area contributed by atoms with Crippen LogP contribution in [-0.4, -0.2) is 76.8 Å². The first-order valence-corrected chi connectivity index (χ1v) is 21.8. The molecule has 57 heavy (non-hydrogen) atoms. The lowest BCUT2D eigenvalue weighted by Gasteiger charge is -2.43. The van der Waals surface area contributed by atoms with Gasteiger partial charge < -0.3 is 39.3 Å². The van der Waals surface area contributed by atoms with Crippen LogP contribution in [0.15, 0.2) is 38.0 Å². The Labute approximate surface area is 332 Å². The van der Waals surface area contributed by atoms with E-state index in [0.29, 0.717) is 6.54 Å². The number of hydrogen-bond acceptors (Lipinski definition) is 13. The molecule has 2 aromatic rings. The number of nitrogens with one attached hydrogen (secondary N) is 2. The predicted molar refractivity (Wildman–Crippen MR) is 209 cm³/mol. The third-order valence-corrected chi connectivity index (χ3v) is 11.5. The van der Waals surface area contributed by atoms with E-state index in [-0.39, 0.29) is 17.8 Å². The molecule has 4 rings (SSSR count). The second-order valence-electron chi connectivity index (χ2n) is 15.4. The number of aromatic nitrogens is 4. The number of rotatable bonds is 25. The number of aliphatic hydroxyl groups is 2. The molecule has 2 aromatic heterocycles. The molecule has 0 bridgehead atoms. The minimum atomic E-state index is -5.68. The number of aryl methyl sites for hydroxylation is 1. The number of phosphoric acid groups is 1. The maximum absolute atomic E-state index is 13.2. The summed E-state index contributed by atoms with van der Waals surface area (Å²) in [7, 11) is -5.68. The van der Waals surface area contributed by atoms with Crippen LogP contribution >= 0.6 is 7.82 Å². The summed E-state index contributed by atoms with van der Waals surface area (Å²) >= 11 is 0. The van der Waals surface area contributed by atoms with Crippen molar-refractivity contribution in [2.45, 2.75) is 178 Å². The topological polar surface area (TPSA) is 279 Å². The van der Waals surface area contributed by atoms with Crippen LogP contribution in [0.2, 0.25) is 0 Å². The van der Waals surface area contributed by atoms with Crippen LogP contribution in [0.1, 0.15) is 141 Å². The summed E-state index contributed by atoms with van der Waals surface area (Å²) < 4.78 is 31.2. The van der Waals surface area contributed by atoms with E-state index >= 15 is 0 Å². The van der Waals surface area contributed by atoms with Crippen molar-refractivity contribution in [3.63, 3.8) is 0 Å². The molecule has 19 nitrogen and oxygen atoms in total. The van der Waals surface area contributed by atoms with Gasteiger partial charge in [0.1, 0.15) is 42.1 Å². The zero-order valence-electron chi connectivity index (χ0n) is 33.2. The van der Waals surface area contributed by atoms with Crippen molar-refractivity contribution in [2.24, 2.45) is 5.11 Å². The Hall–Kier alpha value is -3.38. The number of ether oxygens (including phenoxy) is 2. The van der Waals surface area contributed by atoms with Crippen LogP contribution in [0.4, 0.5) is 5.82 Å². The zero-order chi connectivity index (χ0) is 41.6. The van der Waals surface area contributed by atoms with Gasteiger partial charge in [0.05, 0.1) is 6.04 Å². The van der Waals surface area contributed by atoms with Gasteiger partial charge in [-0.3, -0.25) is 23.5 Å². The van der Waals surface area contributed by atoms with Crippen LogP contribution < -0.4 is 27.1 Å². The third-order valence-electron chi connectivity index (χ3n) is 10.9. The quantitative estimate of drug-likeness (QED) is 0.0301. The molecule has 0 spiro atoms. The lowest BCUT2D eigenvalue weighted by atomic mass is 9.85. The third kappa shape index (κ3) is 13.1. The van der Waals surface area contributed by atoms with Crippen molar-refractivity contribution in [1.29, 1.82) is 0 Å². The van der Waals surface area contributed by atoms with Crippen LogP contribution in [0.5, 0.6) is 0 Å². The number of H-pyrrole nitrogens is 1.